The number of aryl methyl sites for hydroxylation is 2. The van der Waals surface area contributed by atoms with Crippen molar-refractivity contribution in [3.8, 4) is 0 Å². The van der Waals surface area contributed by atoms with Crippen LogP contribution < -0.4 is 5.32 Å². The Morgan fingerprint density at radius 1 is 1.38 bits per heavy atom. The third-order valence-electron chi connectivity index (χ3n) is 4.47. The lowest BCUT2D eigenvalue weighted by Gasteiger charge is -2.13. The highest BCUT2D eigenvalue weighted by Crippen LogP contribution is 2.28. The molecule has 5 heteroatoms. The molecule has 0 aliphatic heterocycles. The van der Waals surface area contributed by atoms with Gasteiger partial charge in [-0.25, -0.2) is 0 Å². The number of aromatic nitrogens is 3. The molecule has 1 unspecified atom stereocenters. The molecular formula is C16H24N4O. The van der Waals surface area contributed by atoms with Crippen LogP contribution in [0.15, 0.2) is 16.8 Å². The summed E-state index contributed by atoms with van der Waals surface area (Å²) in [7, 11) is 0. The lowest BCUT2D eigenvalue weighted by molar-refractivity contribution is 0.390. The molecule has 2 aromatic heterocycles. The van der Waals surface area contributed by atoms with Gasteiger partial charge in [-0.05, 0) is 39.7 Å². The van der Waals surface area contributed by atoms with Gasteiger partial charge in [0.2, 0.25) is 0 Å². The third kappa shape index (κ3) is 3.02. The second kappa shape index (κ2) is 6.02. The maximum Gasteiger partial charge on any atom is 0.138 e. The minimum atomic E-state index is 0.216. The first-order valence-corrected chi connectivity index (χ1v) is 7.85. The molecule has 0 spiro atoms. The molecule has 0 amide bonds. The summed E-state index contributed by atoms with van der Waals surface area (Å²) >= 11 is 0. The number of hydrogen-bond acceptors (Lipinski definition) is 4. The highest BCUT2D eigenvalue weighted by atomic mass is 16.5. The van der Waals surface area contributed by atoms with E-state index in [0.29, 0.717) is 6.04 Å². The van der Waals surface area contributed by atoms with Gasteiger partial charge in [0.1, 0.15) is 5.76 Å². The van der Waals surface area contributed by atoms with Crippen molar-refractivity contribution < 1.29 is 4.52 Å². The smallest absolute Gasteiger partial charge is 0.138 e. The van der Waals surface area contributed by atoms with Gasteiger partial charge in [-0.15, -0.1) is 0 Å². The predicted octanol–water partition coefficient (Wildman–Crippen LogP) is 3.45. The Kier molecular flexibility index (Phi) is 4.10. The van der Waals surface area contributed by atoms with E-state index in [9.17, 15) is 0 Å². The Bertz CT molecular complexity index is 576. The molecule has 1 aliphatic rings. The number of nitrogens with one attached hydrogen (secondary N) is 1. The van der Waals surface area contributed by atoms with E-state index in [1.807, 2.05) is 13.8 Å². The summed E-state index contributed by atoms with van der Waals surface area (Å²) in [6, 6.07) is 2.94. The summed E-state index contributed by atoms with van der Waals surface area (Å²) in [6.45, 7) is 6.85. The van der Waals surface area contributed by atoms with E-state index in [1.165, 1.54) is 25.7 Å². The Labute approximate surface area is 125 Å². The lowest BCUT2D eigenvalue weighted by Crippen LogP contribution is -2.19. The van der Waals surface area contributed by atoms with Gasteiger partial charge >= 0.3 is 0 Å². The summed E-state index contributed by atoms with van der Waals surface area (Å²) in [5.74, 6) is 0.893. The summed E-state index contributed by atoms with van der Waals surface area (Å²) in [4.78, 5) is 0. The van der Waals surface area contributed by atoms with Crippen LogP contribution in [0, 0.1) is 13.8 Å². The Morgan fingerprint density at radius 3 is 2.81 bits per heavy atom. The molecule has 5 nitrogen and oxygen atoms in total. The van der Waals surface area contributed by atoms with Crippen molar-refractivity contribution in [1.82, 2.24) is 20.3 Å². The maximum atomic E-state index is 5.23. The van der Waals surface area contributed by atoms with Gasteiger partial charge < -0.3 is 9.84 Å². The van der Waals surface area contributed by atoms with Crippen molar-refractivity contribution in [2.75, 3.05) is 0 Å². The van der Waals surface area contributed by atoms with Crippen LogP contribution in [0.2, 0.25) is 0 Å². The minimum absolute atomic E-state index is 0.216. The van der Waals surface area contributed by atoms with Gasteiger partial charge in [0, 0.05) is 24.3 Å². The first-order chi connectivity index (χ1) is 10.1. The quantitative estimate of drug-likeness (QED) is 0.915. The zero-order chi connectivity index (χ0) is 14.8. The maximum absolute atomic E-state index is 5.23. The molecule has 1 N–H and O–H groups in total. The van der Waals surface area contributed by atoms with Crippen LogP contribution in [0.3, 0.4) is 0 Å². The van der Waals surface area contributed by atoms with Crippen molar-refractivity contribution in [2.45, 2.75) is 65.1 Å². The summed E-state index contributed by atoms with van der Waals surface area (Å²) in [5.41, 5.74) is 3.22. The molecule has 114 valence electrons. The fraction of sp³-hybridized carbons (Fsp3) is 0.625. The second-order valence-electron chi connectivity index (χ2n) is 6.07. The van der Waals surface area contributed by atoms with Crippen molar-refractivity contribution in [3.63, 3.8) is 0 Å². The summed E-state index contributed by atoms with van der Waals surface area (Å²) in [6.07, 6.45) is 7.32. The molecule has 0 saturated heterocycles. The van der Waals surface area contributed by atoms with Crippen molar-refractivity contribution in [2.24, 2.45) is 0 Å². The Hall–Kier alpha value is -1.62. The van der Waals surface area contributed by atoms with Crippen LogP contribution in [-0.4, -0.2) is 14.9 Å². The fourth-order valence-corrected chi connectivity index (χ4v) is 3.31. The molecule has 3 rings (SSSR count). The highest BCUT2D eigenvalue weighted by molar-refractivity contribution is 5.24. The number of rotatable bonds is 5. The third-order valence-corrected chi connectivity index (χ3v) is 4.47. The first-order valence-electron chi connectivity index (χ1n) is 7.85. The van der Waals surface area contributed by atoms with Crippen LogP contribution in [0.5, 0.6) is 0 Å². The van der Waals surface area contributed by atoms with Gasteiger partial charge in [0.15, 0.2) is 0 Å². The molecule has 0 aromatic carbocycles. The average Bonchev–Trinajstić information content (AvgIpc) is 3.17. The van der Waals surface area contributed by atoms with Gasteiger partial charge in [-0.1, -0.05) is 18.0 Å². The van der Waals surface area contributed by atoms with Gasteiger partial charge in [0.05, 0.1) is 17.4 Å². The summed E-state index contributed by atoms with van der Waals surface area (Å²) < 4.78 is 7.37. The highest BCUT2D eigenvalue weighted by Gasteiger charge is 2.18. The molecule has 0 bridgehead atoms. The number of hydrogen-bond donors (Lipinski definition) is 1. The van der Waals surface area contributed by atoms with Crippen molar-refractivity contribution in [3.05, 3.63) is 35.0 Å². The molecule has 1 saturated carbocycles. The summed E-state index contributed by atoms with van der Waals surface area (Å²) in [5, 5.41) is 12.2. The minimum Gasteiger partial charge on any atom is -0.361 e. The number of nitrogens with zero attached hydrogens (tertiary/aromatic N) is 3. The molecule has 1 aliphatic carbocycles. The van der Waals surface area contributed by atoms with E-state index in [4.69, 9.17) is 9.62 Å². The molecule has 1 fully saturated rings. The topological polar surface area (TPSA) is 55.9 Å². The normalized spacial score (nSPS) is 17.5. The van der Waals surface area contributed by atoms with Crippen LogP contribution >= 0.6 is 0 Å². The van der Waals surface area contributed by atoms with E-state index in [2.05, 4.69) is 34.3 Å². The SMILES string of the molecule is Cc1noc(C)c1C(C)NCc1ccn(C2CCCC2)n1. The molecule has 2 aromatic rings. The monoisotopic (exact) mass is 288 g/mol. The largest absolute Gasteiger partial charge is 0.361 e. The van der Waals surface area contributed by atoms with Crippen molar-refractivity contribution >= 4 is 0 Å². The van der Waals surface area contributed by atoms with Crippen LogP contribution in [0.1, 0.15) is 67.4 Å². The zero-order valence-electron chi connectivity index (χ0n) is 13.1. The van der Waals surface area contributed by atoms with Crippen LogP contribution in [0.4, 0.5) is 0 Å². The lowest BCUT2D eigenvalue weighted by atomic mass is 10.1. The van der Waals surface area contributed by atoms with Crippen LogP contribution in [0.25, 0.3) is 0 Å². The second-order valence-corrected chi connectivity index (χ2v) is 6.07. The van der Waals surface area contributed by atoms with E-state index in [-0.39, 0.29) is 6.04 Å². The van der Waals surface area contributed by atoms with Gasteiger partial charge in [0.25, 0.3) is 0 Å². The Balaban J connectivity index is 1.60. The predicted molar refractivity (Wildman–Crippen MR) is 81.0 cm³/mol. The average molecular weight is 288 g/mol. The first kappa shape index (κ1) is 14.3. The molecule has 21 heavy (non-hydrogen) atoms. The van der Waals surface area contributed by atoms with E-state index >= 15 is 0 Å². The van der Waals surface area contributed by atoms with E-state index in [1.54, 1.807) is 0 Å². The standard InChI is InChI=1S/C16H24N4O/c1-11(16-12(2)19-21-13(16)3)17-10-14-8-9-20(18-14)15-6-4-5-7-15/h8-9,11,15,17H,4-7,10H2,1-3H3. The molecule has 1 atom stereocenters. The fourth-order valence-electron chi connectivity index (χ4n) is 3.31. The molecular weight excluding hydrogens is 264 g/mol. The van der Waals surface area contributed by atoms with Crippen LogP contribution in [-0.2, 0) is 6.54 Å². The van der Waals surface area contributed by atoms with E-state index < -0.39 is 0 Å². The van der Waals surface area contributed by atoms with Gasteiger partial charge in [-0.3, -0.25) is 4.68 Å². The molecule has 0 radical (unpaired) electrons. The zero-order valence-corrected chi connectivity index (χ0v) is 13.1. The molecule has 2 heterocycles. The van der Waals surface area contributed by atoms with Gasteiger partial charge in [-0.2, -0.15) is 5.10 Å². The van der Waals surface area contributed by atoms with E-state index in [0.717, 1.165) is 29.3 Å². The Morgan fingerprint density at radius 2 is 2.14 bits per heavy atom. The van der Waals surface area contributed by atoms with Crippen molar-refractivity contribution in [1.29, 1.82) is 0 Å².